The lowest BCUT2D eigenvalue weighted by Crippen LogP contribution is -2.61. The molecule has 1 amide bonds. The fourth-order valence-electron chi connectivity index (χ4n) is 2.78. The van der Waals surface area contributed by atoms with Gasteiger partial charge in [0.1, 0.15) is 12.6 Å². The third kappa shape index (κ3) is 4.74. The van der Waals surface area contributed by atoms with Crippen molar-refractivity contribution < 1.29 is 18.4 Å². The van der Waals surface area contributed by atoms with Gasteiger partial charge in [-0.15, -0.1) is 0 Å². The fourth-order valence-corrected chi connectivity index (χ4v) is 4.67. The zero-order valence-corrected chi connectivity index (χ0v) is 16.7. The van der Waals surface area contributed by atoms with Gasteiger partial charge >= 0.3 is 0 Å². The van der Waals surface area contributed by atoms with E-state index >= 15 is 0 Å². The van der Waals surface area contributed by atoms with Crippen LogP contribution in [-0.4, -0.2) is 44.1 Å². The molecule has 0 spiro atoms. The molecule has 1 saturated heterocycles. The predicted octanol–water partition coefficient (Wildman–Crippen LogP) is 0.366. The molecular formula is C14H29NO4Si2. The monoisotopic (exact) mass is 331 g/mol. The van der Waals surface area contributed by atoms with Crippen LogP contribution in [0.3, 0.4) is 0 Å². The Morgan fingerprint density at radius 3 is 2.33 bits per heavy atom. The summed E-state index contributed by atoms with van der Waals surface area (Å²) in [7, 11) is -1.05. The molecule has 5 nitrogen and oxygen atoms in total. The normalized spacial score (nSPS) is 26.0. The lowest BCUT2D eigenvalue weighted by molar-refractivity contribution is -0.139. The SMILES string of the molecule is C[SiH2]OC(O[SiH2]C)C(C)(C)CC[C@@H]1C(=O)N[C@@H]1[C@@H](C)C=O. The highest BCUT2D eigenvalue weighted by atomic mass is 28.2. The number of carbonyl (C=O) groups is 2. The average Bonchev–Trinajstić information content (AvgIpc) is 2.43. The Balaban J connectivity index is 2.58. The Labute approximate surface area is 132 Å². The topological polar surface area (TPSA) is 64.6 Å². The molecule has 0 bridgehead atoms. The van der Waals surface area contributed by atoms with Crippen LogP contribution in [0, 0.1) is 17.3 Å². The van der Waals surface area contributed by atoms with Crippen LogP contribution in [0.2, 0.25) is 13.1 Å². The van der Waals surface area contributed by atoms with Crippen molar-refractivity contribution in [3.05, 3.63) is 0 Å². The number of β-lactam (4-membered cyclic amide) rings is 1. The molecule has 1 fully saturated rings. The first-order valence-corrected chi connectivity index (χ1v) is 11.8. The molecule has 3 atom stereocenters. The summed E-state index contributed by atoms with van der Waals surface area (Å²) in [6, 6.07) is -0.00723. The second-order valence-electron chi connectivity index (χ2n) is 6.41. The summed E-state index contributed by atoms with van der Waals surface area (Å²) in [6.45, 7) is 10.3. The van der Waals surface area contributed by atoms with E-state index in [0.717, 1.165) is 19.1 Å². The van der Waals surface area contributed by atoms with Gasteiger partial charge in [0.2, 0.25) is 5.91 Å². The van der Waals surface area contributed by atoms with Crippen LogP contribution in [-0.2, 0) is 18.4 Å². The first-order valence-electron chi connectivity index (χ1n) is 7.86. The van der Waals surface area contributed by atoms with E-state index < -0.39 is 19.5 Å². The van der Waals surface area contributed by atoms with Crippen molar-refractivity contribution in [2.24, 2.45) is 17.3 Å². The van der Waals surface area contributed by atoms with Crippen LogP contribution in [0.1, 0.15) is 33.6 Å². The van der Waals surface area contributed by atoms with E-state index in [-0.39, 0.29) is 35.5 Å². The quantitative estimate of drug-likeness (QED) is 0.272. The van der Waals surface area contributed by atoms with Gasteiger partial charge < -0.3 is 19.0 Å². The Hall–Kier alpha value is -0.506. The molecule has 1 N–H and O–H groups in total. The van der Waals surface area contributed by atoms with E-state index in [4.69, 9.17) is 8.85 Å². The molecule has 0 aromatic carbocycles. The molecule has 1 rings (SSSR count). The Bertz CT molecular complexity index is 359. The third-order valence-electron chi connectivity index (χ3n) is 4.23. The number of amides is 1. The molecule has 7 heteroatoms. The lowest BCUT2D eigenvalue weighted by Gasteiger charge is -2.41. The molecule has 122 valence electrons. The van der Waals surface area contributed by atoms with Crippen molar-refractivity contribution in [2.45, 2.75) is 59.0 Å². The van der Waals surface area contributed by atoms with Crippen molar-refractivity contribution in [2.75, 3.05) is 0 Å². The number of aldehydes is 1. The Morgan fingerprint density at radius 2 is 1.90 bits per heavy atom. The summed E-state index contributed by atoms with van der Waals surface area (Å²) >= 11 is 0. The van der Waals surface area contributed by atoms with Crippen LogP contribution in [0.5, 0.6) is 0 Å². The minimum Gasteiger partial charge on any atom is -0.400 e. The molecule has 1 aliphatic heterocycles. The van der Waals surface area contributed by atoms with E-state index in [1.165, 1.54) is 0 Å². The number of hydrogen-bond acceptors (Lipinski definition) is 4. The zero-order valence-electron chi connectivity index (χ0n) is 13.8. The number of hydrogen-bond donors (Lipinski definition) is 1. The van der Waals surface area contributed by atoms with Crippen molar-refractivity contribution >= 4 is 31.7 Å². The van der Waals surface area contributed by atoms with E-state index in [1.807, 2.05) is 6.92 Å². The minimum atomic E-state index is -0.527. The second kappa shape index (κ2) is 8.21. The van der Waals surface area contributed by atoms with Gasteiger partial charge in [-0.25, -0.2) is 0 Å². The Kier molecular flexibility index (Phi) is 7.25. The van der Waals surface area contributed by atoms with Gasteiger partial charge in [-0.2, -0.15) is 0 Å². The van der Waals surface area contributed by atoms with Gasteiger partial charge in [0.15, 0.2) is 19.5 Å². The van der Waals surface area contributed by atoms with E-state index in [1.54, 1.807) is 0 Å². The standard InChI is InChI=1S/C14H29NO4Si2/c1-9(8-16)11-10(12(17)15-11)6-7-14(2,3)13(18-20-4)19-21-5/h8-11,13H,6-7,20-21H2,1-5H3,(H,15,17)/t9-,10-,11+/m0/s1. The molecule has 21 heavy (non-hydrogen) atoms. The predicted molar refractivity (Wildman–Crippen MR) is 88.4 cm³/mol. The third-order valence-corrected chi connectivity index (χ3v) is 5.51. The van der Waals surface area contributed by atoms with E-state index in [2.05, 4.69) is 32.3 Å². The first-order chi connectivity index (χ1) is 9.87. The highest BCUT2D eigenvalue weighted by Gasteiger charge is 2.43. The molecule has 0 aliphatic carbocycles. The fraction of sp³-hybridized carbons (Fsp3) is 0.857. The molecule has 0 aromatic heterocycles. The van der Waals surface area contributed by atoms with Gasteiger partial charge in [-0.1, -0.05) is 33.9 Å². The van der Waals surface area contributed by atoms with Gasteiger partial charge in [0, 0.05) is 17.4 Å². The van der Waals surface area contributed by atoms with E-state index in [0.29, 0.717) is 0 Å². The number of nitrogens with one attached hydrogen (secondary N) is 1. The van der Waals surface area contributed by atoms with Crippen molar-refractivity contribution in [3.8, 4) is 0 Å². The maximum Gasteiger partial charge on any atom is 0.225 e. The summed E-state index contributed by atoms with van der Waals surface area (Å²) in [5, 5.41) is 2.84. The van der Waals surface area contributed by atoms with Crippen LogP contribution >= 0.6 is 0 Å². The van der Waals surface area contributed by atoms with Gasteiger partial charge in [-0.3, -0.25) is 4.79 Å². The molecule has 0 aromatic rings. The maximum absolute atomic E-state index is 11.7. The molecule has 0 unspecified atom stereocenters. The average molecular weight is 332 g/mol. The first kappa shape index (κ1) is 18.5. The van der Waals surface area contributed by atoms with Crippen molar-refractivity contribution in [1.29, 1.82) is 0 Å². The smallest absolute Gasteiger partial charge is 0.225 e. The minimum absolute atomic E-state index is 0.00723. The van der Waals surface area contributed by atoms with Crippen LogP contribution in [0.4, 0.5) is 0 Å². The number of carbonyl (C=O) groups excluding carboxylic acids is 2. The lowest BCUT2D eigenvalue weighted by atomic mass is 9.75. The number of rotatable bonds is 10. The Morgan fingerprint density at radius 1 is 1.33 bits per heavy atom. The molecule has 0 saturated carbocycles. The second-order valence-corrected chi connectivity index (χ2v) is 8.23. The van der Waals surface area contributed by atoms with Crippen LogP contribution in [0.25, 0.3) is 0 Å². The van der Waals surface area contributed by atoms with Crippen LogP contribution in [0.15, 0.2) is 0 Å². The van der Waals surface area contributed by atoms with Crippen molar-refractivity contribution in [3.63, 3.8) is 0 Å². The summed E-state index contributed by atoms with van der Waals surface area (Å²) in [5.74, 6) is -0.106. The summed E-state index contributed by atoms with van der Waals surface area (Å²) in [6.07, 6.45) is 2.42. The summed E-state index contributed by atoms with van der Waals surface area (Å²) in [5.41, 5.74) is -0.100. The maximum atomic E-state index is 11.7. The van der Waals surface area contributed by atoms with Gasteiger partial charge in [0.25, 0.3) is 0 Å². The van der Waals surface area contributed by atoms with Crippen molar-refractivity contribution in [1.82, 2.24) is 5.32 Å². The molecular weight excluding hydrogens is 302 g/mol. The molecule has 1 heterocycles. The van der Waals surface area contributed by atoms with Gasteiger partial charge in [-0.05, 0) is 12.8 Å². The zero-order chi connectivity index (χ0) is 16.0. The van der Waals surface area contributed by atoms with Crippen LogP contribution < -0.4 is 5.32 Å². The molecule has 1 aliphatic rings. The highest BCUT2D eigenvalue weighted by Crippen LogP contribution is 2.35. The summed E-state index contributed by atoms with van der Waals surface area (Å²) < 4.78 is 11.7. The highest BCUT2D eigenvalue weighted by molar-refractivity contribution is 6.26. The summed E-state index contributed by atoms with van der Waals surface area (Å²) in [4.78, 5) is 22.6. The largest absolute Gasteiger partial charge is 0.400 e. The van der Waals surface area contributed by atoms with Gasteiger partial charge in [0.05, 0.1) is 5.92 Å². The molecule has 0 radical (unpaired) electrons. The van der Waals surface area contributed by atoms with E-state index in [9.17, 15) is 9.59 Å².